The van der Waals surface area contributed by atoms with Gasteiger partial charge in [0.05, 0.1) is 6.54 Å². The van der Waals surface area contributed by atoms with E-state index in [9.17, 15) is 4.39 Å². The zero-order valence-electron chi connectivity index (χ0n) is 15.1. The van der Waals surface area contributed by atoms with Gasteiger partial charge in [-0.3, -0.25) is 4.99 Å². The van der Waals surface area contributed by atoms with Crippen molar-refractivity contribution in [1.82, 2.24) is 20.2 Å². The monoisotopic (exact) mass is 479 g/mol. The molecule has 0 amide bonds. The van der Waals surface area contributed by atoms with Crippen molar-refractivity contribution in [3.63, 3.8) is 0 Å². The second-order valence-corrected chi connectivity index (χ2v) is 5.83. The third kappa shape index (κ3) is 6.06. The summed E-state index contributed by atoms with van der Waals surface area (Å²) in [4.78, 5) is 8.59. The summed E-state index contributed by atoms with van der Waals surface area (Å²) in [5, 5.41) is 6.34. The van der Waals surface area contributed by atoms with Crippen LogP contribution in [0.3, 0.4) is 0 Å². The molecule has 3 aromatic rings. The number of hydrogen-bond acceptors (Lipinski definition) is 2. The van der Waals surface area contributed by atoms with E-state index in [1.807, 2.05) is 30.5 Å². The van der Waals surface area contributed by atoms with Crippen molar-refractivity contribution in [3.05, 3.63) is 89.8 Å². The van der Waals surface area contributed by atoms with E-state index in [0.717, 1.165) is 12.4 Å². The molecule has 0 unspecified atom stereocenters. The Morgan fingerprint density at radius 1 is 1.04 bits per heavy atom. The molecule has 2 aromatic carbocycles. The molecule has 0 bridgehead atoms. The Labute approximate surface area is 175 Å². The lowest BCUT2D eigenvalue weighted by Gasteiger charge is -2.13. The first kappa shape index (κ1) is 20.9. The van der Waals surface area contributed by atoms with Crippen molar-refractivity contribution in [3.8, 4) is 0 Å². The number of benzene rings is 2. The summed E-state index contributed by atoms with van der Waals surface area (Å²) >= 11 is 0. The van der Waals surface area contributed by atoms with Crippen molar-refractivity contribution < 1.29 is 4.39 Å². The van der Waals surface area contributed by atoms with E-state index in [4.69, 9.17) is 0 Å². The molecule has 5 nitrogen and oxygen atoms in total. The lowest BCUT2D eigenvalue weighted by atomic mass is 10.2. The SMILES string of the molecule is CN=C(NCc1ccccc1F)NCc1nccn1Cc1ccccc1.I. The van der Waals surface area contributed by atoms with E-state index in [0.29, 0.717) is 24.6 Å². The van der Waals surface area contributed by atoms with Gasteiger partial charge in [0.1, 0.15) is 11.6 Å². The Bertz CT molecular complexity index is 864. The molecule has 1 heterocycles. The summed E-state index contributed by atoms with van der Waals surface area (Å²) in [6.45, 7) is 1.65. The summed E-state index contributed by atoms with van der Waals surface area (Å²) in [5.41, 5.74) is 1.81. The average molecular weight is 479 g/mol. The molecule has 2 N–H and O–H groups in total. The molecule has 7 heteroatoms. The van der Waals surface area contributed by atoms with E-state index in [2.05, 4.69) is 37.3 Å². The van der Waals surface area contributed by atoms with Gasteiger partial charge in [-0.1, -0.05) is 48.5 Å². The predicted octanol–water partition coefficient (Wildman–Crippen LogP) is 3.55. The minimum Gasteiger partial charge on any atom is -0.352 e. The molecule has 142 valence electrons. The molecule has 27 heavy (non-hydrogen) atoms. The molecule has 0 radical (unpaired) electrons. The van der Waals surface area contributed by atoms with Crippen LogP contribution in [0.15, 0.2) is 72.0 Å². The van der Waals surface area contributed by atoms with E-state index in [1.165, 1.54) is 11.6 Å². The third-order valence-electron chi connectivity index (χ3n) is 4.04. The van der Waals surface area contributed by atoms with Gasteiger partial charge in [-0.15, -0.1) is 24.0 Å². The van der Waals surface area contributed by atoms with Crippen molar-refractivity contribution in [2.24, 2.45) is 4.99 Å². The molecule has 3 rings (SSSR count). The minimum absolute atomic E-state index is 0. The normalized spacial score (nSPS) is 11.0. The molecule has 0 aliphatic heterocycles. The van der Waals surface area contributed by atoms with Gasteiger partial charge in [-0.2, -0.15) is 0 Å². The van der Waals surface area contributed by atoms with Crippen LogP contribution < -0.4 is 10.6 Å². The van der Waals surface area contributed by atoms with Crippen molar-refractivity contribution in [2.45, 2.75) is 19.6 Å². The van der Waals surface area contributed by atoms with Gasteiger partial charge in [0.15, 0.2) is 5.96 Å². The Kier molecular flexibility index (Phi) is 8.25. The van der Waals surface area contributed by atoms with Crippen LogP contribution in [0.1, 0.15) is 17.0 Å². The highest BCUT2D eigenvalue weighted by Gasteiger charge is 2.06. The van der Waals surface area contributed by atoms with E-state index in [-0.39, 0.29) is 29.8 Å². The summed E-state index contributed by atoms with van der Waals surface area (Å²) in [6, 6.07) is 16.9. The number of halogens is 2. The molecule has 1 aromatic heterocycles. The molecule has 0 fully saturated rings. The van der Waals surface area contributed by atoms with Crippen LogP contribution in [0.2, 0.25) is 0 Å². The van der Waals surface area contributed by atoms with Gasteiger partial charge in [0.25, 0.3) is 0 Å². The number of nitrogens with zero attached hydrogens (tertiary/aromatic N) is 3. The van der Waals surface area contributed by atoms with Gasteiger partial charge in [-0.25, -0.2) is 9.37 Å². The van der Waals surface area contributed by atoms with Crippen LogP contribution in [0.25, 0.3) is 0 Å². The van der Waals surface area contributed by atoms with Crippen LogP contribution in [0.4, 0.5) is 4.39 Å². The minimum atomic E-state index is -0.228. The molecule has 0 atom stereocenters. The van der Waals surface area contributed by atoms with Crippen LogP contribution in [-0.2, 0) is 19.6 Å². The highest BCUT2D eigenvalue weighted by atomic mass is 127. The Balaban J connectivity index is 0.00000261. The van der Waals surface area contributed by atoms with Crippen molar-refractivity contribution >= 4 is 29.9 Å². The molecule has 0 spiro atoms. The maximum absolute atomic E-state index is 13.7. The fourth-order valence-electron chi connectivity index (χ4n) is 2.64. The fourth-order valence-corrected chi connectivity index (χ4v) is 2.64. The van der Waals surface area contributed by atoms with Gasteiger partial charge < -0.3 is 15.2 Å². The fraction of sp³-hybridized carbons (Fsp3) is 0.200. The molecule has 0 saturated heterocycles. The number of aliphatic imine (C=N–C) groups is 1. The number of nitrogens with one attached hydrogen (secondary N) is 2. The molecular formula is C20H23FIN5. The first-order chi connectivity index (χ1) is 12.8. The Morgan fingerprint density at radius 3 is 2.48 bits per heavy atom. The smallest absolute Gasteiger partial charge is 0.191 e. The molecule has 0 saturated carbocycles. The molecule has 0 aliphatic rings. The Hall–Kier alpha value is -2.42. The van der Waals surface area contributed by atoms with Gasteiger partial charge in [-0.05, 0) is 11.6 Å². The number of aromatic nitrogens is 2. The van der Waals surface area contributed by atoms with E-state index in [1.54, 1.807) is 25.4 Å². The first-order valence-electron chi connectivity index (χ1n) is 8.48. The van der Waals surface area contributed by atoms with Crippen LogP contribution >= 0.6 is 24.0 Å². The first-order valence-corrected chi connectivity index (χ1v) is 8.48. The predicted molar refractivity (Wildman–Crippen MR) is 117 cm³/mol. The van der Waals surface area contributed by atoms with Gasteiger partial charge >= 0.3 is 0 Å². The number of hydrogen-bond donors (Lipinski definition) is 2. The van der Waals surface area contributed by atoms with E-state index < -0.39 is 0 Å². The quantitative estimate of drug-likeness (QED) is 0.323. The van der Waals surface area contributed by atoms with Gasteiger partial charge in [0.2, 0.25) is 0 Å². The van der Waals surface area contributed by atoms with Crippen LogP contribution in [0.5, 0.6) is 0 Å². The zero-order valence-corrected chi connectivity index (χ0v) is 17.4. The topological polar surface area (TPSA) is 54.2 Å². The molecule has 0 aliphatic carbocycles. The number of imidazole rings is 1. The van der Waals surface area contributed by atoms with Crippen molar-refractivity contribution in [1.29, 1.82) is 0 Å². The summed E-state index contributed by atoms with van der Waals surface area (Å²) in [6.07, 6.45) is 3.75. The van der Waals surface area contributed by atoms with Gasteiger partial charge in [0, 0.05) is 38.1 Å². The number of rotatable bonds is 6. The number of guanidine groups is 1. The Morgan fingerprint density at radius 2 is 1.74 bits per heavy atom. The zero-order chi connectivity index (χ0) is 18.2. The summed E-state index contributed by atoms with van der Waals surface area (Å²) < 4.78 is 15.8. The standard InChI is InChI=1S/C20H22FN5.HI/c1-22-20(24-13-17-9-5-6-10-18(17)21)25-14-19-23-11-12-26(19)15-16-7-3-2-4-8-16;/h2-12H,13-15H2,1H3,(H2,22,24,25);1H. The van der Waals surface area contributed by atoms with Crippen molar-refractivity contribution in [2.75, 3.05) is 7.05 Å². The lowest BCUT2D eigenvalue weighted by molar-refractivity contribution is 0.604. The van der Waals surface area contributed by atoms with Crippen LogP contribution in [0, 0.1) is 5.82 Å². The summed E-state index contributed by atoms with van der Waals surface area (Å²) in [5.74, 6) is 1.28. The maximum Gasteiger partial charge on any atom is 0.191 e. The average Bonchev–Trinajstić information content (AvgIpc) is 3.11. The molecular weight excluding hydrogens is 456 g/mol. The van der Waals surface area contributed by atoms with E-state index >= 15 is 0 Å². The maximum atomic E-state index is 13.7. The highest BCUT2D eigenvalue weighted by molar-refractivity contribution is 14.0. The third-order valence-corrected chi connectivity index (χ3v) is 4.04. The summed E-state index contributed by atoms with van der Waals surface area (Å²) in [7, 11) is 1.69. The van der Waals surface area contributed by atoms with Crippen LogP contribution in [-0.4, -0.2) is 22.6 Å². The lowest BCUT2D eigenvalue weighted by Crippen LogP contribution is -2.37. The second kappa shape index (κ2) is 10.7. The largest absolute Gasteiger partial charge is 0.352 e. The second-order valence-electron chi connectivity index (χ2n) is 5.83. The highest BCUT2D eigenvalue weighted by Crippen LogP contribution is 2.06.